The molecule has 0 aliphatic carbocycles. The summed E-state index contributed by atoms with van der Waals surface area (Å²) in [6.45, 7) is 5.37. The highest BCUT2D eigenvalue weighted by atomic mass is 127. The lowest BCUT2D eigenvalue weighted by molar-refractivity contribution is 0.283. The van der Waals surface area contributed by atoms with Crippen LogP contribution in [0.4, 0.5) is 0 Å². The number of halogens is 1. The normalized spacial score (nSPS) is 33.8. The first-order valence-corrected chi connectivity index (χ1v) is 4.93. The smallest absolute Gasteiger partial charge is 0.113 e. The average Bonchev–Trinajstić information content (AvgIpc) is 2.41. The summed E-state index contributed by atoms with van der Waals surface area (Å²) in [6.07, 6.45) is 0. The number of nitrogens with one attached hydrogen (secondary N) is 2. The molecule has 68 valence electrons. The van der Waals surface area contributed by atoms with Crippen molar-refractivity contribution in [1.82, 2.24) is 14.0 Å². The monoisotopic (exact) mass is 280 g/mol. The Kier molecular flexibility index (Phi) is 1.78. The van der Waals surface area contributed by atoms with Gasteiger partial charge in [-0.05, 0) is 13.8 Å². The molecule has 0 aromatic carbocycles. The summed E-state index contributed by atoms with van der Waals surface area (Å²) in [4.78, 5) is 0. The van der Waals surface area contributed by atoms with Crippen LogP contribution < -0.4 is 16.6 Å². The van der Waals surface area contributed by atoms with Gasteiger partial charge in [-0.25, -0.2) is 8.54 Å². The number of hydrazine groups is 1. The molecule has 0 saturated carbocycles. The summed E-state index contributed by atoms with van der Waals surface area (Å²) in [5.74, 6) is 0.798. The van der Waals surface area contributed by atoms with E-state index in [4.69, 9.17) is 5.73 Å². The molecule has 4 N–H and O–H groups in total. The lowest BCUT2D eigenvalue weighted by atomic mass is 9.95. The van der Waals surface area contributed by atoms with Gasteiger partial charge in [0.2, 0.25) is 0 Å². The molecule has 12 heavy (non-hydrogen) atoms. The maximum atomic E-state index is 5.78. The second-order valence-corrected chi connectivity index (χ2v) is 4.98. The van der Waals surface area contributed by atoms with Crippen molar-refractivity contribution in [3.05, 3.63) is 11.4 Å². The Morgan fingerprint density at radius 2 is 2.33 bits per heavy atom. The number of nitrogens with zero attached hydrogens (tertiary/aromatic N) is 1. The van der Waals surface area contributed by atoms with Gasteiger partial charge in [0, 0.05) is 40.5 Å². The lowest BCUT2D eigenvalue weighted by Crippen LogP contribution is -2.49. The molecule has 0 spiro atoms. The topological polar surface area (TPSA) is 53.3 Å². The van der Waals surface area contributed by atoms with E-state index >= 15 is 0 Å². The van der Waals surface area contributed by atoms with E-state index < -0.39 is 0 Å². The van der Waals surface area contributed by atoms with E-state index in [2.05, 4.69) is 50.7 Å². The molecule has 1 saturated heterocycles. The van der Waals surface area contributed by atoms with Gasteiger partial charge < -0.3 is 11.2 Å². The predicted molar refractivity (Wildman–Crippen MR) is 56.1 cm³/mol. The van der Waals surface area contributed by atoms with Gasteiger partial charge in [0.1, 0.15) is 5.82 Å². The highest BCUT2D eigenvalue weighted by Crippen LogP contribution is 2.37. The summed E-state index contributed by atoms with van der Waals surface area (Å²) in [6, 6.07) is 0.356. The molecule has 1 unspecified atom stereocenters. The highest BCUT2D eigenvalue weighted by molar-refractivity contribution is 14.1. The Bertz CT molecular complexity index is 248. The minimum atomic E-state index is 0.143. The fraction of sp³-hybridized carbons (Fsp3) is 0.714. The summed E-state index contributed by atoms with van der Waals surface area (Å²) < 4.78 is 2.28. The second kappa shape index (κ2) is 2.49. The van der Waals surface area contributed by atoms with Crippen LogP contribution in [0.5, 0.6) is 0 Å². The third kappa shape index (κ3) is 0.961. The van der Waals surface area contributed by atoms with Crippen LogP contribution in [0.25, 0.3) is 0 Å². The molecular weight excluding hydrogens is 267 g/mol. The fourth-order valence-corrected chi connectivity index (χ4v) is 2.39. The Morgan fingerprint density at radius 1 is 1.67 bits per heavy atom. The molecule has 2 heterocycles. The van der Waals surface area contributed by atoms with Gasteiger partial charge in [-0.2, -0.15) is 0 Å². The van der Waals surface area contributed by atoms with Gasteiger partial charge in [-0.3, -0.25) is 0 Å². The first-order chi connectivity index (χ1) is 5.53. The zero-order valence-electron chi connectivity index (χ0n) is 7.19. The average molecular weight is 280 g/mol. The van der Waals surface area contributed by atoms with Crippen LogP contribution in [0.15, 0.2) is 11.4 Å². The second-order valence-electron chi connectivity index (χ2n) is 3.82. The lowest BCUT2D eigenvalue weighted by Gasteiger charge is -2.30. The van der Waals surface area contributed by atoms with Gasteiger partial charge in [0.05, 0.1) is 6.04 Å². The van der Waals surface area contributed by atoms with Gasteiger partial charge in [-0.15, -0.1) is 0 Å². The molecular formula is C7H13IN4. The van der Waals surface area contributed by atoms with Crippen LogP contribution >= 0.6 is 22.9 Å². The fourth-order valence-electron chi connectivity index (χ4n) is 1.75. The number of rotatable bonds is 0. The number of hydrogen-bond donors (Lipinski definition) is 3. The van der Waals surface area contributed by atoms with E-state index in [1.807, 2.05) is 0 Å². The largest absolute Gasteiger partial charge is 0.384 e. The minimum absolute atomic E-state index is 0.143. The predicted octanol–water partition coefficient (Wildman–Crippen LogP) is 0.0773. The molecule has 2 rings (SSSR count). The SMILES string of the molecule is CC1(C)C2NNC(N)=C2CN1I. The van der Waals surface area contributed by atoms with E-state index in [-0.39, 0.29) is 5.54 Å². The van der Waals surface area contributed by atoms with Crippen molar-refractivity contribution in [3.8, 4) is 0 Å². The van der Waals surface area contributed by atoms with Crippen LogP contribution in [0, 0.1) is 0 Å². The van der Waals surface area contributed by atoms with Crippen molar-refractivity contribution in [2.24, 2.45) is 5.73 Å². The Balaban J connectivity index is 2.36. The van der Waals surface area contributed by atoms with Crippen LogP contribution in [0.1, 0.15) is 13.8 Å². The first-order valence-electron chi connectivity index (χ1n) is 3.97. The summed E-state index contributed by atoms with van der Waals surface area (Å²) in [5, 5.41) is 0. The quantitative estimate of drug-likeness (QED) is 0.434. The minimum Gasteiger partial charge on any atom is -0.384 e. The molecule has 2 aliphatic rings. The maximum absolute atomic E-state index is 5.78. The van der Waals surface area contributed by atoms with Crippen LogP contribution in [0.2, 0.25) is 0 Å². The molecule has 5 heteroatoms. The molecule has 1 fully saturated rings. The van der Waals surface area contributed by atoms with Crippen LogP contribution in [-0.2, 0) is 0 Å². The molecule has 0 aromatic rings. The van der Waals surface area contributed by atoms with Crippen molar-refractivity contribution in [2.75, 3.05) is 6.54 Å². The molecule has 1 atom stereocenters. The zero-order chi connectivity index (χ0) is 8.93. The van der Waals surface area contributed by atoms with Crippen molar-refractivity contribution in [1.29, 1.82) is 0 Å². The van der Waals surface area contributed by atoms with Crippen molar-refractivity contribution >= 4 is 22.9 Å². The summed E-state index contributed by atoms with van der Waals surface area (Å²) in [7, 11) is 0. The number of hydrogen-bond acceptors (Lipinski definition) is 4. The molecule has 0 aromatic heterocycles. The molecule has 0 amide bonds. The van der Waals surface area contributed by atoms with Crippen molar-refractivity contribution < 1.29 is 0 Å². The van der Waals surface area contributed by atoms with Gasteiger partial charge in [-0.1, -0.05) is 0 Å². The molecule has 0 bridgehead atoms. The van der Waals surface area contributed by atoms with E-state index in [1.54, 1.807) is 0 Å². The van der Waals surface area contributed by atoms with Crippen molar-refractivity contribution in [2.45, 2.75) is 25.4 Å². The zero-order valence-corrected chi connectivity index (χ0v) is 9.34. The molecule has 0 radical (unpaired) electrons. The summed E-state index contributed by atoms with van der Waals surface area (Å²) in [5.41, 5.74) is 13.4. The van der Waals surface area contributed by atoms with E-state index in [0.29, 0.717) is 6.04 Å². The van der Waals surface area contributed by atoms with Crippen molar-refractivity contribution in [3.63, 3.8) is 0 Å². The Morgan fingerprint density at radius 3 is 2.92 bits per heavy atom. The number of fused-ring (bicyclic) bond motifs is 1. The van der Waals surface area contributed by atoms with Gasteiger partial charge in [0.25, 0.3) is 0 Å². The first kappa shape index (κ1) is 8.58. The van der Waals surface area contributed by atoms with E-state index in [0.717, 1.165) is 12.4 Å². The molecule has 4 nitrogen and oxygen atoms in total. The van der Waals surface area contributed by atoms with E-state index in [9.17, 15) is 0 Å². The maximum Gasteiger partial charge on any atom is 0.113 e. The standard InChI is InChI=1S/C7H13IN4/c1-7(2)5-4(3-12(7)8)6(9)11-10-5/h5,10-11H,3,9H2,1-2H3. The number of nitrogens with two attached hydrogens (primary N) is 1. The van der Waals surface area contributed by atoms with Crippen LogP contribution in [-0.4, -0.2) is 21.2 Å². The Hall–Kier alpha value is -0.0100. The highest BCUT2D eigenvalue weighted by Gasteiger charge is 2.47. The third-order valence-electron chi connectivity index (χ3n) is 2.69. The van der Waals surface area contributed by atoms with Gasteiger partial charge in [0.15, 0.2) is 0 Å². The molecule has 2 aliphatic heterocycles. The Labute approximate surface area is 86.0 Å². The van der Waals surface area contributed by atoms with Crippen LogP contribution in [0.3, 0.4) is 0 Å². The van der Waals surface area contributed by atoms with Gasteiger partial charge >= 0.3 is 0 Å². The van der Waals surface area contributed by atoms with E-state index in [1.165, 1.54) is 5.57 Å². The summed E-state index contributed by atoms with van der Waals surface area (Å²) >= 11 is 2.35. The third-order valence-corrected chi connectivity index (χ3v) is 4.27.